The molecule has 2 aromatic rings. The van der Waals surface area contributed by atoms with E-state index < -0.39 is 0 Å². The summed E-state index contributed by atoms with van der Waals surface area (Å²) in [5.74, 6) is 2.13. The van der Waals surface area contributed by atoms with Crippen LogP contribution in [0.5, 0.6) is 11.5 Å². The number of hydrogen-bond donors (Lipinski definition) is 1. The number of carbonyl (C=O) groups excluding carboxylic acids is 1. The standard InChI is InChI=1S/C20H28N4O3/c1-23(2)14-20(25)24-10-8-15(13-24)19-12-16(21-22-19)9-11-27-18-6-4-17(26-3)5-7-18/h4-7,12,15H,8-11,13-14H2,1-3H3,(H,21,22)/t15-/m0/s1. The molecule has 146 valence electrons. The van der Waals surface area contributed by atoms with E-state index in [4.69, 9.17) is 9.47 Å². The van der Waals surface area contributed by atoms with Gasteiger partial charge < -0.3 is 19.3 Å². The zero-order valence-corrected chi connectivity index (χ0v) is 16.3. The minimum Gasteiger partial charge on any atom is -0.497 e. The predicted molar refractivity (Wildman–Crippen MR) is 103 cm³/mol. The van der Waals surface area contributed by atoms with Crippen molar-refractivity contribution in [2.45, 2.75) is 18.8 Å². The van der Waals surface area contributed by atoms with Crippen LogP contribution in [0.4, 0.5) is 0 Å². The van der Waals surface area contributed by atoms with E-state index in [-0.39, 0.29) is 5.91 Å². The third-order valence-corrected chi connectivity index (χ3v) is 4.76. The molecule has 1 aliphatic rings. The monoisotopic (exact) mass is 372 g/mol. The smallest absolute Gasteiger partial charge is 0.236 e. The first-order valence-corrected chi connectivity index (χ1v) is 9.28. The second-order valence-electron chi connectivity index (χ2n) is 7.16. The van der Waals surface area contributed by atoms with E-state index in [2.05, 4.69) is 16.3 Å². The fourth-order valence-corrected chi connectivity index (χ4v) is 3.27. The molecular formula is C20H28N4O3. The van der Waals surface area contributed by atoms with Crippen LogP contribution in [0.15, 0.2) is 30.3 Å². The van der Waals surface area contributed by atoms with Crippen LogP contribution >= 0.6 is 0 Å². The van der Waals surface area contributed by atoms with Gasteiger partial charge in [-0.3, -0.25) is 9.89 Å². The van der Waals surface area contributed by atoms with Crippen molar-refractivity contribution in [3.63, 3.8) is 0 Å². The molecular weight excluding hydrogens is 344 g/mol. The fourth-order valence-electron chi connectivity index (χ4n) is 3.27. The number of aromatic nitrogens is 2. The van der Waals surface area contributed by atoms with Gasteiger partial charge in [0, 0.05) is 31.1 Å². The number of rotatable bonds is 8. The summed E-state index contributed by atoms with van der Waals surface area (Å²) in [6.07, 6.45) is 1.72. The maximum atomic E-state index is 12.2. The van der Waals surface area contributed by atoms with Crippen molar-refractivity contribution in [2.24, 2.45) is 0 Å². The van der Waals surface area contributed by atoms with Crippen LogP contribution in [0, 0.1) is 0 Å². The zero-order valence-electron chi connectivity index (χ0n) is 16.3. The molecule has 0 saturated carbocycles. The van der Waals surface area contributed by atoms with Gasteiger partial charge in [-0.1, -0.05) is 0 Å². The Balaban J connectivity index is 1.46. The molecule has 1 aromatic heterocycles. The summed E-state index contributed by atoms with van der Waals surface area (Å²) in [4.78, 5) is 16.0. The van der Waals surface area contributed by atoms with Crippen LogP contribution in [0.25, 0.3) is 0 Å². The average Bonchev–Trinajstić information content (AvgIpc) is 3.31. The molecule has 1 N–H and O–H groups in total. The van der Waals surface area contributed by atoms with E-state index in [1.54, 1.807) is 7.11 Å². The molecule has 0 aliphatic carbocycles. The van der Waals surface area contributed by atoms with Crippen molar-refractivity contribution in [3.05, 3.63) is 41.7 Å². The van der Waals surface area contributed by atoms with Crippen LogP contribution < -0.4 is 9.47 Å². The first kappa shape index (κ1) is 19.2. The molecule has 3 rings (SSSR count). The molecule has 1 atom stereocenters. The first-order chi connectivity index (χ1) is 13.0. The van der Waals surface area contributed by atoms with Gasteiger partial charge in [-0.25, -0.2) is 0 Å². The minimum atomic E-state index is 0.186. The summed E-state index contributed by atoms with van der Waals surface area (Å²) in [5.41, 5.74) is 2.09. The van der Waals surface area contributed by atoms with Crippen LogP contribution in [-0.4, -0.2) is 73.4 Å². The van der Waals surface area contributed by atoms with E-state index in [1.165, 1.54) is 0 Å². The number of methoxy groups -OCH3 is 1. The topological polar surface area (TPSA) is 70.7 Å². The zero-order chi connectivity index (χ0) is 19.2. The quantitative estimate of drug-likeness (QED) is 0.767. The number of benzene rings is 1. The van der Waals surface area contributed by atoms with Gasteiger partial charge in [0.15, 0.2) is 0 Å². The molecule has 1 saturated heterocycles. The lowest BCUT2D eigenvalue weighted by Crippen LogP contribution is -2.36. The summed E-state index contributed by atoms with van der Waals surface area (Å²) in [6, 6.07) is 9.66. The summed E-state index contributed by atoms with van der Waals surface area (Å²) >= 11 is 0. The number of likely N-dealkylation sites (N-methyl/N-ethyl adjacent to an activating group) is 1. The molecule has 1 aliphatic heterocycles. The van der Waals surface area contributed by atoms with E-state index in [9.17, 15) is 4.79 Å². The lowest BCUT2D eigenvalue weighted by Gasteiger charge is -2.18. The van der Waals surface area contributed by atoms with Gasteiger partial charge >= 0.3 is 0 Å². The van der Waals surface area contributed by atoms with Crippen LogP contribution in [-0.2, 0) is 11.2 Å². The number of ether oxygens (including phenoxy) is 2. The maximum absolute atomic E-state index is 12.2. The molecule has 1 fully saturated rings. The van der Waals surface area contributed by atoms with Crippen molar-refractivity contribution >= 4 is 5.91 Å². The summed E-state index contributed by atoms with van der Waals surface area (Å²) < 4.78 is 10.9. The molecule has 0 spiro atoms. The van der Waals surface area contributed by atoms with Crippen LogP contribution in [0.1, 0.15) is 23.7 Å². The van der Waals surface area contributed by atoms with Gasteiger partial charge in [0.2, 0.25) is 5.91 Å². The number of hydrogen-bond acceptors (Lipinski definition) is 5. The van der Waals surface area contributed by atoms with Crippen molar-refractivity contribution in [1.82, 2.24) is 20.0 Å². The summed E-state index contributed by atoms with van der Waals surface area (Å²) in [5, 5.41) is 7.56. The minimum absolute atomic E-state index is 0.186. The highest BCUT2D eigenvalue weighted by atomic mass is 16.5. The number of nitrogens with zero attached hydrogens (tertiary/aromatic N) is 3. The molecule has 7 heteroatoms. The number of likely N-dealkylation sites (tertiary alicyclic amines) is 1. The van der Waals surface area contributed by atoms with Crippen LogP contribution in [0.3, 0.4) is 0 Å². The number of nitrogens with one attached hydrogen (secondary N) is 1. The number of carbonyl (C=O) groups is 1. The van der Waals surface area contributed by atoms with E-state index in [0.29, 0.717) is 19.1 Å². The molecule has 1 aromatic carbocycles. The Kier molecular flexibility index (Phi) is 6.34. The average molecular weight is 372 g/mol. The Morgan fingerprint density at radius 3 is 2.74 bits per heavy atom. The molecule has 0 radical (unpaired) electrons. The second-order valence-corrected chi connectivity index (χ2v) is 7.16. The Labute approximate surface area is 160 Å². The normalized spacial score (nSPS) is 16.7. The largest absolute Gasteiger partial charge is 0.497 e. The summed E-state index contributed by atoms with van der Waals surface area (Å²) in [6.45, 7) is 2.59. The molecule has 0 bridgehead atoms. The van der Waals surface area contributed by atoms with Crippen LogP contribution in [0.2, 0.25) is 0 Å². The molecule has 27 heavy (non-hydrogen) atoms. The lowest BCUT2D eigenvalue weighted by atomic mass is 10.0. The molecule has 7 nitrogen and oxygen atoms in total. The van der Waals surface area contributed by atoms with Gasteiger partial charge in [0.05, 0.1) is 26.0 Å². The fraction of sp³-hybridized carbons (Fsp3) is 0.500. The number of amides is 1. The Bertz CT molecular complexity index is 742. The van der Waals surface area contributed by atoms with E-state index >= 15 is 0 Å². The van der Waals surface area contributed by atoms with Crippen molar-refractivity contribution in [2.75, 3.05) is 47.4 Å². The van der Waals surface area contributed by atoms with Crippen molar-refractivity contribution < 1.29 is 14.3 Å². The third kappa shape index (κ3) is 5.23. The molecule has 2 heterocycles. The van der Waals surface area contributed by atoms with Gasteiger partial charge in [-0.15, -0.1) is 0 Å². The first-order valence-electron chi connectivity index (χ1n) is 9.28. The van der Waals surface area contributed by atoms with E-state index in [1.807, 2.05) is 48.2 Å². The Morgan fingerprint density at radius 1 is 1.30 bits per heavy atom. The maximum Gasteiger partial charge on any atom is 0.236 e. The SMILES string of the molecule is COc1ccc(OCCc2cc([C@H]3CCN(C(=O)CN(C)C)C3)n[nH]2)cc1. The van der Waals surface area contributed by atoms with Crippen molar-refractivity contribution in [3.8, 4) is 11.5 Å². The highest BCUT2D eigenvalue weighted by Crippen LogP contribution is 2.26. The Morgan fingerprint density at radius 2 is 2.04 bits per heavy atom. The predicted octanol–water partition coefficient (Wildman–Crippen LogP) is 1.92. The second kappa shape index (κ2) is 8.90. The van der Waals surface area contributed by atoms with Gasteiger partial charge in [-0.05, 0) is 50.8 Å². The van der Waals surface area contributed by atoms with E-state index in [0.717, 1.165) is 48.8 Å². The van der Waals surface area contributed by atoms with Gasteiger partial charge in [0.1, 0.15) is 11.5 Å². The highest BCUT2D eigenvalue weighted by Gasteiger charge is 2.28. The summed E-state index contributed by atoms with van der Waals surface area (Å²) in [7, 11) is 5.48. The van der Waals surface area contributed by atoms with Crippen molar-refractivity contribution in [1.29, 1.82) is 0 Å². The molecule has 1 amide bonds. The number of H-pyrrole nitrogens is 1. The van der Waals surface area contributed by atoms with Gasteiger partial charge in [-0.2, -0.15) is 5.10 Å². The number of aromatic amines is 1. The lowest BCUT2D eigenvalue weighted by molar-refractivity contribution is -0.130. The highest BCUT2D eigenvalue weighted by molar-refractivity contribution is 5.78. The Hall–Kier alpha value is -2.54. The van der Waals surface area contributed by atoms with Gasteiger partial charge in [0.25, 0.3) is 0 Å². The molecule has 0 unspecified atom stereocenters. The third-order valence-electron chi connectivity index (χ3n) is 4.76.